The lowest BCUT2D eigenvalue weighted by atomic mass is 10.4. The second-order valence-electron chi connectivity index (χ2n) is 8.40. The first-order chi connectivity index (χ1) is 20.4. The molecule has 0 saturated heterocycles. The summed E-state index contributed by atoms with van der Waals surface area (Å²) in [7, 11) is -3.76. The normalized spacial score (nSPS) is 11.5. The highest BCUT2D eigenvalue weighted by atomic mass is 32.2. The van der Waals surface area contributed by atoms with Crippen LogP contribution in [0.1, 0.15) is 6.92 Å². The third kappa shape index (κ3) is 22.6. The van der Waals surface area contributed by atoms with Crippen molar-refractivity contribution in [1.29, 1.82) is 0 Å². The summed E-state index contributed by atoms with van der Waals surface area (Å²) in [5.74, 6) is -0.421. The Morgan fingerprint density at radius 3 is 1.19 bits per heavy atom. The lowest BCUT2D eigenvalue weighted by Gasteiger charge is -2.09. The molecule has 0 N–H and O–H groups in total. The standard InChI is InChI=1S/C28H46O13S/c1-26(2)28(29)40-24-22-38-20-18-36-16-14-34-12-10-32-8-9-33-11-13-35-15-17-37-19-21-39-23-25-41-42(30,31)27-6-4-3-5-7-27/h3-7H,1,8-25H2,2H3. The number of ether oxygens (including phenoxy) is 9. The van der Waals surface area contributed by atoms with E-state index in [4.69, 9.17) is 46.8 Å². The van der Waals surface area contributed by atoms with E-state index in [2.05, 4.69) is 6.58 Å². The van der Waals surface area contributed by atoms with Gasteiger partial charge in [-0.05, 0) is 19.1 Å². The van der Waals surface area contributed by atoms with Crippen molar-refractivity contribution >= 4 is 16.1 Å². The van der Waals surface area contributed by atoms with E-state index in [1.165, 1.54) is 12.1 Å². The van der Waals surface area contributed by atoms with Gasteiger partial charge in [0.15, 0.2) is 0 Å². The number of esters is 1. The van der Waals surface area contributed by atoms with Crippen LogP contribution in [0.3, 0.4) is 0 Å². The molecule has 0 aliphatic carbocycles. The zero-order chi connectivity index (χ0) is 30.6. The molecule has 0 heterocycles. The third-order valence-electron chi connectivity index (χ3n) is 4.91. The zero-order valence-electron chi connectivity index (χ0n) is 24.5. The van der Waals surface area contributed by atoms with Crippen LogP contribution in [0, 0.1) is 0 Å². The van der Waals surface area contributed by atoms with Gasteiger partial charge in [-0.15, -0.1) is 0 Å². The van der Waals surface area contributed by atoms with Gasteiger partial charge in [0.1, 0.15) is 6.61 Å². The molecule has 0 saturated carbocycles. The average Bonchev–Trinajstić information content (AvgIpc) is 2.98. The minimum Gasteiger partial charge on any atom is -0.460 e. The smallest absolute Gasteiger partial charge is 0.333 e. The van der Waals surface area contributed by atoms with Gasteiger partial charge in [-0.1, -0.05) is 24.8 Å². The Bertz CT molecular complexity index is 896. The Morgan fingerprint density at radius 1 is 0.548 bits per heavy atom. The molecule has 0 aromatic heterocycles. The van der Waals surface area contributed by atoms with E-state index in [0.717, 1.165) is 0 Å². The molecule has 0 bridgehead atoms. The highest BCUT2D eigenvalue weighted by Crippen LogP contribution is 2.10. The topological polar surface area (TPSA) is 144 Å². The molecule has 0 radical (unpaired) electrons. The van der Waals surface area contributed by atoms with Crippen molar-refractivity contribution < 1.29 is 60.0 Å². The van der Waals surface area contributed by atoms with Crippen LogP contribution in [-0.4, -0.2) is 133 Å². The Kier molecular flexibility index (Phi) is 24.1. The highest BCUT2D eigenvalue weighted by Gasteiger charge is 2.13. The van der Waals surface area contributed by atoms with Crippen molar-refractivity contribution in [1.82, 2.24) is 0 Å². The number of carbonyl (C=O) groups excluding carboxylic acids is 1. The van der Waals surface area contributed by atoms with E-state index in [-0.39, 0.29) is 24.7 Å². The van der Waals surface area contributed by atoms with Crippen LogP contribution in [-0.2, 0) is 61.7 Å². The molecule has 1 aromatic carbocycles. The van der Waals surface area contributed by atoms with Gasteiger partial charge in [-0.3, -0.25) is 4.18 Å². The molecule has 0 aliphatic heterocycles. The number of benzene rings is 1. The van der Waals surface area contributed by atoms with Crippen molar-refractivity contribution in [2.24, 2.45) is 0 Å². The molecule has 0 fully saturated rings. The van der Waals surface area contributed by atoms with Crippen molar-refractivity contribution in [3.8, 4) is 0 Å². The van der Waals surface area contributed by atoms with Crippen molar-refractivity contribution in [2.45, 2.75) is 11.8 Å². The van der Waals surface area contributed by atoms with Gasteiger partial charge in [0, 0.05) is 5.57 Å². The van der Waals surface area contributed by atoms with Crippen LogP contribution in [0.25, 0.3) is 0 Å². The van der Waals surface area contributed by atoms with Gasteiger partial charge >= 0.3 is 5.97 Å². The monoisotopic (exact) mass is 622 g/mol. The molecule has 13 nitrogen and oxygen atoms in total. The maximum Gasteiger partial charge on any atom is 0.333 e. The fourth-order valence-electron chi connectivity index (χ4n) is 2.82. The second kappa shape index (κ2) is 26.6. The molecule has 0 atom stereocenters. The van der Waals surface area contributed by atoms with Crippen LogP contribution in [0.2, 0.25) is 0 Å². The summed E-state index contributed by atoms with van der Waals surface area (Å²) >= 11 is 0. The quantitative estimate of drug-likeness (QED) is 0.0531. The third-order valence-corrected chi connectivity index (χ3v) is 6.24. The minimum atomic E-state index is -3.76. The SMILES string of the molecule is C=C(C)C(=O)OCCOCCOCCOCCOCCOCCOCCOCCOCCOS(=O)(=O)c1ccccc1. The van der Waals surface area contributed by atoms with E-state index >= 15 is 0 Å². The average molecular weight is 623 g/mol. The maximum absolute atomic E-state index is 11.9. The Labute approximate surface area is 249 Å². The summed E-state index contributed by atoms with van der Waals surface area (Å²) < 4.78 is 76.8. The van der Waals surface area contributed by atoms with Gasteiger partial charge < -0.3 is 42.6 Å². The van der Waals surface area contributed by atoms with Crippen LogP contribution in [0.5, 0.6) is 0 Å². The van der Waals surface area contributed by atoms with Crippen LogP contribution < -0.4 is 0 Å². The lowest BCUT2D eigenvalue weighted by molar-refractivity contribution is -0.140. The molecule has 42 heavy (non-hydrogen) atoms. The van der Waals surface area contributed by atoms with Gasteiger partial charge in [0.25, 0.3) is 10.1 Å². The number of hydrogen-bond donors (Lipinski definition) is 0. The van der Waals surface area contributed by atoms with Crippen molar-refractivity contribution in [2.75, 3.05) is 119 Å². The van der Waals surface area contributed by atoms with E-state index in [9.17, 15) is 13.2 Å². The predicted molar refractivity (Wildman–Crippen MR) is 152 cm³/mol. The minimum absolute atomic E-state index is 0.0624. The number of hydrogen-bond acceptors (Lipinski definition) is 13. The highest BCUT2D eigenvalue weighted by molar-refractivity contribution is 7.86. The summed E-state index contributed by atoms with van der Waals surface area (Å²) in [6, 6.07) is 7.96. The van der Waals surface area contributed by atoms with Crippen LogP contribution >= 0.6 is 0 Å². The van der Waals surface area contributed by atoms with Crippen LogP contribution in [0.15, 0.2) is 47.4 Å². The summed E-state index contributed by atoms with van der Waals surface area (Å²) in [5, 5.41) is 0. The number of carbonyl (C=O) groups is 1. The summed E-state index contributed by atoms with van der Waals surface area (Å²) in [4.78, 5) is 11.3. The molecule has 0 spiro atoms. The molecule has 242 valence electrons. The van der Waals surface area contributed by atoms with Crippen molar-refractivity contribution in [3.05, 3.63) is 42.5 Å². The van der Waals surface area contributed by atoms with Crippen molar-refractivity contribution in [3.63, 3.8) is 0 Å². The van der Waals surface area contributed by atoms with Gasteiger partial charge in [-0.2, -0.15) is 8.42 Å². The lowest BCUT2D eigenvalue weighted by Crippen LogP contribution is -2.16. The van der Waals surface area contributed by atoms with E-state index in [1.807, 2.05) is 0 Å². The first-order valence-corrected chi connectivity index (χ1v) is 15.2. The molecule has 1 rings (SSSR count). The second-order valence-corrected chi connectivity index (χ2v) is 10.0. The summed E-state index contributed by atoms with van der Waals surface area (Å²) in [5.41, 5.74) is 0.362. The molecule has 0 amide bonds. The van der Waals surface area contributed by atoms with E-state index in [1.54, 1.807) is 25.1 Å². The molecule has 14 heteroatoms. The maximum atomic E-state index is 11.9. The molecular formula is C28H46O13S. The predicted octanol–water partition coefficient (Wildman–Crippen LogP) is 1.64. The first kappa shape index (κ1) is 38.0. The van der Waals surface area contributed by atoms with E-state index < -0.39 is 16.1 Å². The fourth-order valence-corrected chi connectivity index (χ4v) is 3.73. The van der Waals surface area contributed by atoms with Gasteiger partial charge in [0.2, 0.25) is 0 Å². The zero-order valence-corrected chi connectivity index (χ0v) is 25.4. The van der Waals surface area contributed by atoms with Gasteiger partial charge in [-0.25, -0.2) is 4.79 Å². The Balaban J connectivity index is 1.70. The molecule has 0 aliphatic rings. The first-order valence-electron chi connectivity index (χ1n) is 13.8. The van der Waals surface area contributed by atoms with E-state index in [0.29, 0.717) is 105 Å². The summed E-state index contributed by atoms with van der Waals surface area (Å²) in [6.45, 7) is 11.7. The van der Waals surface area contributed by atoms with Gasteiger partial charge in [0.05, 0.1) is 117 Å². The largest absolute Gasteiger partial charge is 0.460 e. The summed E-state index contributed by atoms with van der Waals surface area (Å²) in [6.07, 6.45) is 0. The van der Waals surface area contributed by atoms with Crippen LogP contribution in [0.4, 0.5) is 0 Å². The Hall–Kier alpha value is -1.98. The Morgan fingerprint density at radius 2 is 0.857 bits per heavy atom. The number of rotatable bonds is 30. The molecule has 0 unspecified atom stereocenters. The fraction of sp³-hybridized carbons (Fsp3) is 0.679. The molecular weight excluding hydrogens is 576 g/mol. The molecule has 1 aromatic rings.